The highest BCUT2D eigenvalue weighted by molar-refractivity contribution is 5.96. The maximum atomic E-state index is 13.4. The number of hydrogen-bond donors (Lipinski definition) is 3. The second-order valence-corrected chi connectivity index (χ2v) is 3.88. The number of carboxylic acids is 1. The smallest absolute Gasteiger partial charge is 0.335 e. The van der Waals surface area contributed by atoms with Crippen molar-refractivity contribution in [3.63, 3.8) is 0 Å². The first-order valence-electron chi connectivity index (χ1n) is 5.55. The van der Waals surface area contributed by atoms with E-state index in [-0.39, 0.29) is 11.3 Å². The molecule has 0 spiro atoms. The lowest BCUT2D eigenvalue weighted by atomic mass is 10.1. The zero-order valence-electron chi connectivity index (χ0n) is 9.94. The van der Waals surface area contributed by atoms with Gasteiger partial charge in [0.1, 0.15) is 5.82 Å². The molecule has 0 heterocycles. The summed E-state index contributed by atoms with van der Waals surface area (Å²) >= 11 is 0. The van der Waals surface area contributed by atoms with Gasteiger partial charge in [0.2, 0.25) is 5.91 Å². The number of amides is 1. The number of anilines is 1. The number of rotatable bonds is 5. The van der Waals surface area contributed by atoms with Crippen LogP contribution in [-0.2, 0) is 4.79 Å². The second kappa shape index (κ2) is 6.11. The van der Waals surface area contributed by atoms with E-state index in [9.17, 15) is 14.0 Å². The van der Waals surface area contributed by atoms with Crippen molar-refractivity contribution in [2.24, 2.45) is 5.73 Å². The fraction of sp³-hybridized carbons (Fsp3) is 0.333. The Kier molecular flexibility index (Phi) is 4.79. The lowest BCUT2D eigenvalue weighted by molar-refractivity contribution is -0.117. The van der Waals surface area contributed by atoms with E-state index in [4.69, 9.17) is 10.8 Å². The zero-order valence-corrected chi connectivity index (χ0v) is 9.94. The van der Waals surface area contributed by atoms with Crippen molar-refractivity contribution in [3.8, 4) is 0 Å². The first kappa shape index (κ1) is 14.1. The maximum absolute atomic E-state index is 13.4. The molecule has 1 aromatic rings. The number of carboxylic acid groups (broad SMARTS) is 1. The molecule has 1 rings (SSSR count). The summed E-state index contributed by atoms with van der Waals surface area (Å²) in [4.78, 5) is 22.3. The Morgan fingerprint density at radius 2 is 2.17 bits per heavy atom. The molecule has 5 nitrogen and oxygen atoms in total. The molecule has 0 fully saturated rings. The third kappa shape index (κ3) is 3.53. The van der Waals surface area contributed by atoms with E-state index >= 15 is 0 Å². The van der Waals surface area contributed by atoms with Crippen LogP contribution in [0.2, 0.25) is 0 Å². The van der Waals surface area contributed by atoms with Crippen LogP contribution in [-0.4, -0.2) is 23.0 Å². The summed E-state index contributed by atoms with van der Waals surface area (Å²) in [5, 5.41) is 11.1. The standard InChI is InChI=1S/C12H15FN2O3/c1-2-3-9(14)11(16)15-10-6-7(12(17)18)4-5-8(10)13/h4-6,9H,2-3,14H2,1H3,(H,15,16)(H,17,18). The quantitative estimate of drug-likeness (QED) is 0.744. The monoisotopic (exact) mass is 254 g/mol. The number of benzene rings is 1. The van der Waals surface area contributed by atoms with Crippen LogP contribution in [0.25, 0.3) is 0 Å². The Balaban J connectivity index is 2.86. The normalized spacial score (nSPS) is 11.9. The van der Waals surface area contributed by atoms with E-state index in [1.807, 2.05) is 6.92 Å². The Bertz CT molecular complexity index is 463. The molecule has 1 unspecified atom stereocenters. The summed E-state index contributed by atoms with van der Waals surface area (Å²) in [5.74, 6) is -2.42. The van der Waals surface area contributed by atoms with Gasteiger partial charge in [0, 0.05) is 0 Å². The van der Waals surface area contributed by atoms with Crippen LogP contribution < -0.4 is 11.1 Å². The van der Waals surface area contributed by atoms with Gasteiger partial charge in [-0.05, 0) is 24.6 Å². The van der Waals surface area contributed by atoms with Gasteiger partial charge in [-0.2, -0.15) is 0 Å². The van der Waals surface area contributed by atoms with E-state index in [0.717, 1.165) is 24.6 Å². The Morgan fingerprint density at radius 3 is 2.72 bits per heavy atom. The molecule has 0 aromatic heterocycles. The van der Waals surface area contributed by atoms with Gasteiger partial charge >= 0.3 is 5.97 Å². The highest BCUT2D eigenvalue weighted by Crippen LogP contribution is 2.16. The Labute approximate surface area is 104 Å². The Hall–Kier alpha value is -1.95. The highest BCUT2D eigenvalue weighted by atomic mass is 19.1. The topological polar surface area (TPSA) is 92.4 Å². The maximum Gasteiger partial charge on any atom is 0.335 e. The lowest BCUT2D eigenvalue weighted by Crippen LogP contribution is -2.35. The van der Waals surface area contributed by atoms with Crippen LogP contribution >= 0.6 is 0 Å². The number of hydrogen-bond acceptors (Lipinski definition) is 3. The number of carbonyl (C=O) groups excluding carboxylic acids is 1. The van der Waals surface area contributed by atoms with Crippen molar-refractivity contribution >= 4 is 17.6 Å². The van der Waals surface area contributed by atoms with Crippen molar-refractivity contribution in [3.05, 3.63) is 29.6 Å². The summed E-state index contributed by atoms with van der Waals surface area (Å²) in [5.41, 5.74) is 5.30. The van der Waals surface area contributed by atoms with E-state index < -0.39 is 23.7 Å². The Morgan fingerprint density at radius 1 is 1.50 bits per heavy atom. The molecule has 4 N–H and O–H groups in total. The molecule has 0 saturated carbocycles. The van der Waals surface area contributed by atoms with Crippen LogP contribution in [0.1, 0.15) is 30.1 Å². The van der Waals surface area contributed by atoms with Crippen LogP contribution in [0.4, 0.5) is 10.1 Å². The van der Waals surface area contributed by atoms with Crippen molar-refractivity contribution in [2.45, 2.75) is 25.8 Å². The molecule has 0 bridgehead atoms. The highest BCUT2D eigenvalue weighted by Gasteiger charge is 2.15. The fourth-order valence-corrected chi connectivity index (χ4v) is 1.42. The van der Waals surface area contributed by atoms with Crippen molar-refractivity contribution in [1.82, 2.24) is 0 Å². The van der Waals surface area contributed by atoms with Gasteiger partial charge in [-0.15, -0.1) is 0 Å². The zero-order chi connectivity index (χ0) is 13.7. The van der Waals surface area contributed by atoms with Crippen LogP contribution in [0.3, 0.4) is 0 Å². The molecule has 0 aliphatic rings. The molecule has 0 aliphatic heterocycles. The number of halogens is 1. The molecule has 1 atom stereocenters. The molecule has 6 heteroatoms. The van der Waals surface area contributed by atoms with E-state index in [2.05, 4.69) is 5.32 Å². The molecule has 98 valence electrons. The third-order valence-corrected chi connectivity index (χ3v) is 2.41. The van der Waals surface area contributed by atoms with Crippen molar-refractivity contribution < 1.29 is 19.1 Å². The first-order chi connectivity index (χ1) is 8.45. The van der Waals surface area contributed by atoms with Gasteiger partial charge in [-0.25, -0.2) is 9.18 Å². The minimum atomic E-state index is -1.19. The summed E-state index contributed by atoms with van der Waals surface area (Å²) in [6.07, 6.45) is 1.21. The van der Waals surface area contributed by atoms with Gasteiger partial charge < -0.3 is 16.2 Å². The number of carbonyl (C=O) groups is 2. The molecular weight excluding hydrogens is 239 g/mol. The fourth-order valence-electron chi connectivity index (χ4n) is 1.42. The van der Waals surface area contributed by atoms with E-state index in [1.165, 1.54) is 0 Å². The van der Waals surface area contributed by atoms with Crippen LogP contribution in [0.15, 0.2) is 18.2 Å². The third-order valence-electron chi connectivity index (χ3n) is 2.41. The SMILES string of the molecule is CCCC(N)C(=O)Nc1cc(C(=O)O)ccc1F. The molecule has 1 amide bonds. The molecule has 1 aromatic carbocycles. The van der Waals surface area contributed by atoms with Crippen molar-refractivity contribution in [1.29, 1.82) is 0 Å². The average molecular weight is 254 g/mol. The van der Waals surface area contributed by atoms with Crippen molar-refractivity contribution in [2.75, 3.05) is 5.32 Å². The van der Waals surface area contributed by atoms with Gasteiger partial charge in [-0.3, -0.25) is 4.79 Å². The van der Waals surface area contributed by atoms with Crippen LogP contribution in [0, 0.1) is 5.82 Å². The molecule has 0 aliphatic carbocycles. The van der Waals surface area contributed by atoms with E-state index in [1.54, 1.807) is 0 Å². The first-order valence-corrected chi connectivity index (χ1v) is 5.55. The summed E-state index contributed by atoms with van der Waals surface area (Å²) in [6, 6.07) is 2.45. The van der Waals surface area contributed by atoms with Gasteiger partial charge in [0.15, 0.2) is 0 Å². The predicted octanol–water partition coefficient (Wildman–Crippen LogP) is 1.59. The van der Waals surface area contributed by atoms with Crippen LogP contribution in [0.5, 0.6) is 0 Å². The molecule has 0 radical (unpaired) electrons. The molecule has 18 heavy (non-hydrogen) atoms. The van der Waals surface area contributed by atoms with Gasteiger partial charge in [0.05, 0.1) is 17.3 Å². The number of nitrogens with one attached hydrogen (secondary N) is 1. The van der Waals surface area contributed by atoms with Gasteiger partial charge in [0.25, 0.3) is 0 Å². The second-order valence-electron chi connectivity index (χ2n) is 3.88. The average Bonchev–Trinajstić information content (AvgIpc) is 2.31. The minimum Gasteiger partial charge on any atom is -0.478 e. The minimum absolute atomic E-state index is 0.101. The number of nitrogens with two attached hydrogens (primary N) is 1. The molecule has 0 saturated heterocycles. The molecular formula is C12H15FN2O3. The largest absolute Gasteiger partial charge is 0.478 e. The van der Waals surface area contributed by atoms with Gasteiger partial charge in [-0.1, -0.05) is 13.3 Å². The summed E-state index contributed by atoms with van der Waals surface area (Å²) in [7, 11) is 0. The summed E-state index contributed by atoms with van der Waals surface area (Å²) < 4.78 is 13.4. The predicted molar refractivity (Wildman–Crippen MR) is 64.9 cm³/mol. The summed E-state index contributed by atoms with van der Waals surface area (Å²) in [6.45, 7) is 1.87. The number of aromatic carboxylic acids is 1. The van der Waals surface area contributed by atoms with E-state index in [0.29, 0.717) is 6.42 Å². The lowest BCUT2D eigenvalue weighted by Gasteiger charge is -2.12.